The first kappa shape index (κ1) is 29.9. The van der Waals surface area contributed by atoms with Crippen LogP contribution >= 0.6 is 11.8 Å². The van der Waals surface area contributed by atoms with E-state index in [0.717, 1.165) is 0 Å². The standard InChI is InChI=1S/C21H34N6O7S/c1-11(2)17(22)20(32)25-13(4-5-16(28)29)18(30)27-15(8-12-9-23-10-24-12)19(31)26-14(21(33)34)6-7-35-3/h9-11,13-15,17H,4-8,22H2,1-3H3,(H,23,24)(H,25,32)(H,26,31)(H,27,30)(H,28,29)(H,33,34). The third-order valence-electron chi connectivity index (χ3n) is 5.14. The SMILES string of the molecule is CSCCC(NC(=O)C(Cc1cnc[nH]1)NC(=O)C(CCC(=O)O)NC(=O)C(N)C(C)C)C(=O)O. The van der Waals surface area contributed by atoms with Crippen LogP contribution in [0.4, 0.5) is 0 Å². The minimum absolute atomic E-state index is 0.0441. The molecule has 4 unspecified atom stereocenters. The molecule has 0 saturated carbocycles. The third-order valence-corrected chi connectivity index (χ3v) is 5.78. The molecule has 35 heavy (non-hydrogen) atoms. The molecule has 0 aliphatic carbocycles. The molecule has 1 heterocycles. The van der Waals surface area contributed by atoms with E-state index in [2.05, 4.69) is 25.9 Å². The Morgan fingerprint density at radius 1 is 1.00 bits per heavy atom. The van der Waals surface area contributed by atoms with Gasteiger partial charge in [0.05, 0.1) is 12.4 Å². The molecule has 0 aliphatic rings. The molecule has 0 aliphatic heterocycles. The van der Waals surface area contributed by atoms with Gasteiger partial charge in [0.15, 0.2) is 0 Å². The summed E-state index contributed by atoms with van der Waals surface area (Å²) in [6, 6.07) is -4.58. The number of carbonyl (C=O) groups is 5. The lowest BCUT2D eigenvalue weighted by molar-refractivity contribution is -0.142. The van der Waals surface area contributed by atoms with E-state index in [0.29, 0.717) is 11.4 Å². The number of rotatable bonds is 16. The van der Waals surface area contributed by atoms with Gasteiger partial charge in [0.1, 0.15) is 18.1 Å². The van der Waals surface area contributed by atoms with E-state index in [1.165, 1.54) is 24.3 Å². The highest BCUT2D eigenvalue weighted by atomic mass is 32.2. The Morgan fingerprint density at radius 3 is 2.11 bits per heavy atom. The van der Waals surface area contributed by atoms with Crippen molar-refractivity contribution in [3.63, 3.8) is 0 Å². The highest BCUT2D eigenvalue weighted by molar-refractivity contribution is 7.98. The smallest absolute Gasteiger partial charge is 0.326 e. The Bertz CT molecular complexity index is 864. The number of carboxylic acid groups (broad SMARTS) is 2. The maximum atomic E-state index is 13.0. The first-order valence-corrected chi connectivity index (χ1v) is 12.4. The summed E-state index contributed by atoms with van der Waals surface area (Å²) in [5.41, 5.74) is 6.33. The largest absolute Gasteiger partial charge is 0.481 e. The van der Waals surface area contributed by atoms with Crippen LogP contribution in [0.2, 0.25) is 0 Å². The summed E-state index contributed by atoms with van der Waals surface area (Å²) in [6.45, 7) is 3.44. The second-order valence-electron chi connectivity index (χ2n) is 8.29. The molecule has 13 nitrogen and oxygen atoms in total. The molecule has 0 fully saturated rings. The number of nitrogens with two attached hydrogens (primary N) is 1. The Balaban J connectivity index is 3.07. The molecular formula is C21H34N6O7S. The van der Waals surface area contributed by atoms with Crippen molar-refractivity contribution in [2.45, 2.75) is 63.7 Å². The van der Waals surface area contributed by atoms with Gasteiger partial charge in [-0.2, -0.15) is 11.8 Å². The minimum atomic E-state index is -1.27. The lowest BCUT2D eigenvalue weighted by Crippen LogP contribution is -2.58. The lowest BCUT2D eigenvalue weighted by atomic mass is 10.0. The van der Waals surface area contributed by atoms with E-state index in [-0.39, 0.29) is 25.2 Å². The molecular weight excluding hydrogens is 480 g/mol. The van der Waals surface area contributed by atoms with E-state index in [1.807, 2.05) is 0 Å². The second-order valence-corrected chi connectivity index (χ2v) is 9.27. The summed E-state index contributed by atoms with van der Waals surface area (Å²) in [5.74, 6) is -4.30. The zero-order valence-electron chi connectivity index (χ0n) is 19.9. The van der Waals surface area contributed by atoms with Gasteiger partial charge in [0, 0.05) is 24.7 Å². The van der Waals surface area contributed by atoms with Gasteiger partial charge in [0.25, 0.3) is 0 Å². The molecule has 4 atom stereocenters. The first-order valence-electron chi connectivity index (χ1n) is 11.0. The van der Waals surface area contributed by atoms with Crippen LogP contribution in [-0.4, -0.2) is 86.0 Å². The summed E-state index contributed by atoms with van der Waals surface area (Å²) in [6.07, 6.45) is 4.12. The van der Waals surface area contributed by atoms with E-state index < -0.39 is 60.2 Å². The number of H-pyrrole nitrogens is 1. The molecule has 0 bridgehead atoms. The van der Waals surface area contributed by atoms with E-state index >= 15 is 0 Å². The lowest BCUT2D eigenvalue weighted by Gasteiger charge is -2.25. The van der Waals surface area contributed by atoms with E-state index in [9.17, 15) is 29.1 Å². The molecule has 1 rings (SSSR count). The van der Waals surface area contributed by atoms with Crippen LogP contribution in [0, 0.1) is 5.92 Å². The number of hydrogen-bond donors (Lipinski definition) is 7. The number of thioether (sulfide) groups is 1. The maximum absolute atomic E-state index is 13.0. The third kappa shape index (κ3) is 10.8. The second kappa shape index (κ2) is 15.0. The number of carbonyl (C=O) groups excluding carboxylic acids is 3. The molecule has 3 amide bonds. The van der Waals surface area contributed by atoms with Crippen molar-refractivity contribution < 1.29 is 34.2 Å². The van der Waals surface area contributed by atoms with Gasteiger partial charge < -0.3 is 36.9 Å². The Morgan fingerprint density at radius 2 is 1.60 bits per heavy atom. The van der Waals surface area contributed by atoms with Crippen molar-refractivity contribution in [2.24, 2.45) is 11.7 Å². The molecule has 0 aromatic carbocycles. The van der Waals surface area contributed by atoms with Crippen molar-refractivity contribution in [2.75, 3.05) is 12.0 Å². The summed E-state index contributed by atoms with van der Waals surface area (Å²) in [5, 5.41) is 25.9. The van der Waals surface area contributed by atoms with Crippen LogP contribution in [0.5, 0.6) is 0 Å². The predicted molar refractivity (Wildman–Crippen MR) is 128 cm³/mol. The van der Waals surface area contributed by atoms with Gasteiger partial charge in [-0.15, -0.1) is 0 Å². The van der Waals surface area contributed by atoms with Gasteiger partial charge >= 0.3 is 11.9 Å². The number of aliphatic carboxylic acids is 2. The molecule has 196 valence electrons. The molecule has 0 saturated heterocycles. The van der Waals surface area contributed by atoms with Gasteiger partial charge in [-0.3, -0.25) is 19.2 Å². The number of nitrogens with zero attached hydrogens (tertiary/aromatic N) is 1. The number of nitrogens with one attached hydrogen (secondary N) is 4. The van der Waals surface area contributed by atoms with Crippen molar-refractivity contribution in [3.05, 3.63) is 18.2 Å². The topological polar surface area (TPSA) is 217 Å². The molecule has 0 radical (unpaired) electrons. The molecule has 1 aromatic heterocycles. The van der Waals surface area contributed by atoms with E-state index in [1.54, 1.807) is 20.1 Å². The Labute approximate surface area is 207 Å². The average molecular weight is 515 g/mol. The summed E-state index contributed by atoms with van der Waals surface area (Å²) in [7, 11) is 0. The van der Waals surface area contributed by atoms with Crippen molar-refractivity contribution in [3.8, 4) is 0 Å². The Hall–Kier alpha value is -3.13. The predicted octanol–water partition coefficient (Wildman–Crippen LogP) is -0.908. The zero-order chi connectivity index (χ0) is 26.5. The highest BCUT2D eigenvalue weighted by Gasteiger charge is 2.31. The molecule has 8 N–H and O–H groups in total. The quantitative estimate of drug-likeness (QED) is 0.144. The molecule has 0 spiro atoms. The number of hydrogen-bond acceptors (Lipinski definition) is 8. The van der Waals surface area contributed by atoms with Crippen molar-refractivity contribution in [1.29, 1.82) is 0 Å². The molecule has 14 heteroatoms. The van der Waals surface area contributed by atoms with Crippen LogP contribution in [0.25, 0.3) is 0 Å². The van der Waals surface area contributed by atoms with E-state index in [4.69, 9.17) is 10.8 Å². The maximum Gasteiger partial charge on any atom is 0.326 e. The first-order chi connectivity index (χ1) is 16.5. The zero-order valence-corrected chi connectivity index (χ0v) is 20.8. The number of imidazole rings is 1. The monoisotopic (exact) mass is 514 g/mol. The van der Waals surface area contributed by atoms with Crippen molar-refractivity contribution >= 4 is 41.4 Å². The van der Waals surface area contributed by atoms with Crippen LogP contribution in [0.3, 0.4) is 0 Å². The fourth-order valence-corrected chi connectivity index (χ4v) is 3.44. The summed E-state index contributed by atoms with van der Waals surface area (Å²) >= 11 is 1.42. The number of aromatic nitrogens is 2. The van der Waals surface area contributed by atoms with Crippen LogP contribution < -0.4 is 21.7 Å². The number of amides is 3. The Kier molecular flexibility index (Phi) is 12.8. The fourth-order valence-electron chi connectivity index (χ4n) is 2.97. The minimum Gasteiger partial charge on any atom is -0.481 e. The van der Waals surface area contributed by atoms with Crippen LogP contribution in [-0.2, 0) is 30.4 Å². The van der Waals surface area contributed by atoms with Crippen LogP contribution in [0.15, 0.2) is 12.5 Å². The van der Waals surface area contributed by atoms with Crippen LogP contribution in [0.1, 0.15) is 38.8 Å². The fraction of sp³-hybridized carbons (Fsp3) is 0.619. The highest BCUT2D eigenvalue weighted by Crippen LogP contribution is 2.07. The number of carboxylic acids is 2. The van der Waals surface area contributed by atoms with Gasteiger partial charge in [-0.1, -0.05) is 13.8 Å². The molecule has 1 aromatic rings. The summed E-state index contributed by atoms with van der Waals surface area (Å²) < 4.78 is 0. The van der Waals surface area contributed by atoms with Crippen molar-refractivity contribution in [1.82, 2.24) is 25.9 Å². The average Bonchev–Trinajstić information content (AvgIpc) is 3.30. The van der Waals surface area contributed by atoms with Gasteiger partial charge in [0.2, 0.25) is 17.7 Å². The number of aromatic amines is 1. The normalized spacial score (nSPS) is 14.4. The summed E-state index contributed by atoms with van der Waals surface area (Å²) in [4.78, 5) is 67.7. The van der Waals surface area contributed by atoms with Gasteiger partial charge in [-0.25, -0.2) is 9.78 Å². The van der Waals surface area contributed by atoms with Gasteiger partial charge in [-0.05, 0) is 30.8 Å².